The van der Waals surface area contributed by atoms with Gasteiger partial charge in [-0.3, -0.25) is 9.59 Å². The molecule has 0 bridgehead atoms. The van der Waals surface area contributed by atoms with Gasteiger partial charge in [0.05, 0.1) is 23.7 Å². The SMILES string of the molecule is COc1cccc(N2C[C@@H](C(=O)Nc3c(C)cc(C)cc3Cl)CC2=O)c1. The number of hydrogen-bond acceptors (Lipinski definition) is 3. The summed E-state index contributed by atoms with van der Waals surface area (Å²) in [6, 6.07) is 11.0. The van der Waals surface area contributed by atoms with Gasteiger partial charge in [-0.1, -0.05) is 23.7 Å². The van der Waals surface area contributed by atoms with Crippen molar-refractivity contribution in [3.05, 3.63) is 52.5 Å². The number of benzene rings is 2. The fourth-order valence-electron chi connectivity index (χ4n) is 3.21. The third kappa shape index (κ3) is 3.68. The minimum Gasteiger partial charge on any atom is -0.497 e. The van der Waals surface area contributed by atoms with Crippen LogP contribution in [-0.2, 0) is 9.59 Å². The van der Waals surface area contributed by atoms with Crippen LogP contribution in [0.4, 0.5) is 11.4 Å². The molecule has 1 heterocycles. The third-order valence-electron chi connectivity index (χ3n) is 4.54. The highest BCUT2D eigenvalue weighted by Gasteiger charge is 2.35. The Morgan fingerprint density at radius 3 is 2.73 bits per heavy atom. The van der Waals surface area contributed by atoms with Gasteiger partial charge < -0.3 is 15.0 Å². The van der Waals surface area contributed by atoms with Gasteiger partial charge in [0.15, 0.2) is 0 Å². The molecule has 1 saturated heterocycles. The average molecular weight is 373 g/mol. The van der Waals surface area contributed by atoms with Crippen LogP contribution in [0.15, 0.2) is 36.4 Å². The molecule has 136 valence electrons. The number of halogens is 1. The Morgan fingerprint density at radius 1 is 1.27 bits per heavy atom. The van der Waals surface area contributed by atoms with Gasteiger partial charge in [-0.05, 0) is 43.2 Å². The molecule has 0 aromatic heterocycles. The molecular formula is C20H21ClN2O3. The number of hydrogen-bond donors (Lipinski definition) is 1. The Bertz CT molecular complexity index is 843. The number of rotatable bonds is 4. The van der Waals surface area contributed by atoms with Crippen molar-refractivity contribution < 1.29 is 14.3 Å². The molecule has 2 amide bonds. The highest BCUT2D eigenvalue weighted by Crippen LogP contribution is 2.31. The second-order valence-electron chi connectivity index (χ2n) is 6.53. The topological polar surface area (TPSA) is 58.6 Å². The predicted octanol–water partition coefficient (Wildman–Crippen LogP) is 3.96. The van der Waals surface area contributed by atoms with Gasteiger partial charge in [-0.15, -0.1) is 0 Å². The largest absolute Gasteiger partial charge is 0.497 e. The van der Waals surface area contributed by atoms with Gasteiger partial charge in [-0.25, -0.2) is 0 Å². The van der Waals surface area contributed by atoms with Crippen LogP contribution in [0, 0.1) is 19.8 Å². The number of amides is 2. The zero-order chi connectivity index (χ0) is 18.8. The molecule has 0 spiro atoms. The number of aryl methyl sites for hydroxylation is 2. The number of anilines is 2. The predicted molar refractivity (Wildman–Crippen MR) is 103 cm³/mol. The maximum absolute atomic E-state index is 12.7. The summed E-state index contributed by atoms with van der Waals surface area (Å²) in [5, 5.41) is 3.39. The molecule has 1 aliphatic heterocycles. The maximum atomic E-state index is 12.7. The van der Waals surface area contributed by atoms with E-state index in [9.17, 15) is 9.59 Å². The second-order valence-corrected chi connectivity index (χ2v) is 6.94. The van der Waals surface area contributed by atoms with Gasteiger partial charge in [0.25, 0.3) is 0 Å². The molecule has 1 fully saturated rings. The van der Waals surface area contributed by atoms with Crippen molar-refractivity contribution in [1.82, 2.24) is 0 Å². The first-order valence-electron chi connectivity index (χ1n) is 8.41. The lowest BCUT2D eigenvalue weighted by Gasteiger charge is -2.18. The van der Waals surface area contributed by atoms with E-state index in [1.807, 2.05) is 44.2 Å². The molecule has 1 N–H and O–H groups in total. The van der Waals surface area contributed by atoms with Crippen LogP contribution in [0.3, 0.4) is 0 Å². The zero-order valence-electron chi connectivity index (χ0n) is 15.0. The number of ether oxygens (including phenoxy) is 1. The van der Waals surface area contributed by atoms with Gasteiger partial charge in [0.2, 0.25) is 11.8 Å². The highest BCUT2D eigenvalue weighted by molar-refractivity contribution is 6.34. The summed E-state index contributed by atoms with van der Waals surface area (Å²) in [4.78, 5) is 26.7. The Labute approximate surface area is 157 Å². The van der Waals surface area contributed by atoms with E-state index < -0.39 is 5.92 Å². The van der Waals surface area contributed by atoms with Gasteiger partial charge >= 0.3 is 0 Å². The number of carbonyl (C=O) groups excluding carboxylic acids is 2. The van der Waals surface area contributed by atoms with Crippen molar-refractivity contribution in [3.63, 3.8) is 0 Å². The molecule has 0 radical (unpaired) electrons. The molecule has 2 aromatic carbocycles. The lowest BCUT2D eigenvalue weighted by Crippen LogP contribution is -2.28. The fourth-order valence-corrected chi connectivity index (χ4v) is 3.58. The Balaban J connectivity index is 1.75. The van der Waals surface area contributed by atoms with Crippen molar-refractivity contribution >= 4 is 34.8 Å². The van der Waals surface area contributed by atoms with E-state index >= 15 is 0 Å². The lowest BCUT2D eigenvalue weighted by atomic mass is 10.1. The van der Waals surface area contributed by atoms with Crippen molar-refractivity contribution in [2.45, 2.75) is 20.3 Å². The van der Waals surface area contributed by atoms with Gasteiger partial charge in [-0.2, -0.15) is 0 Å². The quantitative estimate of drug-likeness (QED) is 0.883. The van der Waals surface area contributed by atoms with E-state index in [1.165, 1.54) is 0 Å². The van der Waals surface area contributed by atoms with E-state index in [1.54, 1.807) is 18.1 Å². The number of methoxy groups -OCH3 is 1. The van der Waals surface area contributed by atoms with Crippen molar-refractivity contribution in [2.75, 3.05) is 23.9 Å². The molecule has 3 rings (SSSR count). The van der Waals surface area contributed by atoms with Crippen LogP contribution in [-0.4, -0.2) is 25.5 Å². The second kappa shape index (κ2) is 7.38. The van der Waals surface area contributed by atoms with E-state index in [0.29, 0.717) is 23.0 Å². The van der Waals surface area contributed by atoms with Crippen LogP contribution in [0.25, 0.3) is 0 Å². The monoisotopic (exact) mass is 372 g/mol. The molecule has 1 atom stereocenters. The Hall–Kier alpha value is -2.53. The summed E-state index contributed by atoms with van der Waals surface area (Å²) >= 11 is 6.27. The first kappa shape index (κ1) is 18.3. The zero-order valence-corrected chi connectivity index (χ0v) is 15.8. The first-order valence-corrected chi connectivity index (χ1v) is 8.79. The molecule has 26 heavy (non-hydrogen) atoms. The maximum Gasteiger partial charge on any atom is 0.229 e. The van der Waals surface area contributed by atoms with Crippen molar-refractivity contribution in [3.8, 4) is 5.75 Å². The summed E-state index contributed by atoms with van der Waals surface area (Å²) in [6.07, 6.45) is 0.172. The summed E-state index contributed by atoms with van der Waals surface area (Å²) in [5.74, 6) is -0.0292. The van der Waals surface area contributed by atoms with E-state index in [0.717, 1.165) is 16.8 Å². The Morgan fingerprint density at radius 2 is 2.04 bits per heavy atom. The third-order valence-corrected chi connectivity index (χ3v) is 4.84. The normalized spacial score (nSPS) is 16.7. The van der Waals surface area contributed by atoms with Crippen LogP contribution >= 0.6 is 11.6 Å². The molecule has 2 aromatic rings. The average Bonchev–Trinajstić information content (AvgIpc) is 3.00. The van der Waals surface area contributed by atoms with Crippen LogP contribution in [0.5, 0.6) is 5.75 Å². The molecule has 0 unspecified atom stereocenters. The molecule has 1 aliphatic rings. The minimum absolute atomic E-state index is 0.0786. The Kier molecular flexibility index (Phi) is 5.18. The number of nitrogens with one attached hydrogen (secondary N) is 1. The lowest BCUT2D eigenvalue weighted by molar-refractivity contribution is -0.122. The van der Waals surface area contributed by atoms with Gasteiger partial charge in [0, 0.05) is 24.7 Å². The van der Waals surface area contributed by atoms with Crippen LogP contribution in [0.2, 0.25) is 5.02 Å². The molecular weight excluding hydrogens is 352 g/mol. The highest BCUT2D eigenvalue weighted by atomic mass is 35.5. The number of carbonyl (C=O) groups is 2. The van der Waals surface area contributed by atoms with E-state index in [2.05, 4.69) is 5.32 Å². The van der Waals surface area contributed by atoms with Crippen molar-refractivity contribution in [1.29, 1.82) is 0 Å². The number of nitrogens with zero attached hydrogens (tertiary/aromatic N) is 1. The molecule has 5 nitrogen and oxygen atoms in total. The minimum atomic E-state index is -0.425. The fraction of sp³-hybridized carbons (Fsp3) is 0.300. The summed E-state index contributed by atoms with van der Waals surface area (Å²) in [6.45, 7) is 4.18. The first-order chi connectivity index (χ1) is 12.4. The van der Waals surface area contributed by atoms with Crippen LogP contribution in [0.1, 0.15) is 17.5 Å². The standard InChI is InChI=1S/C20H21ClN2O3/c1-12-7-13(2)19(17(21)8-12)22-20(25)14-9-18(24)23(11-14)15-5-4-6-16(10-15)26-3/h4-8,10,14H,9,11H2,1-3H3,(H,22,25)/t14-/m0/s1. The summed E-state index contributed by atoms with van der Waals surface area (Å²) < 4.78 is 5.21. The molecule has 0 saturated carbocycles. The smallest absolute Gasteiger partial charge is 0.229 e. The van der Waals surface area contributed by atoms with Crippen molar-refractivity contribution in [2.24, 2.45) is 5.92 Å². The van der Waals surface area contributed by atoms with E-state index in [-0.39, 0.29) is 18.2 Å². The summed E-state index contributed by atoms with van der Waals surface area (Å²) in [5.41, 5.74) is 3.27. The van der Waals surface area contributed by atoms with Crippen LogP contribution < -0.4 is 15.0 Å². The van der Waals surface area contributed by atoms with Gasteiger partial charge in [0.1, 0.15) is 5.75 Å². The summed E-state index contributed by atoms with van der Waals surface area (Å²) in [7, 11) is 1.58. The molecule has 0 aliphatic carbocycles. The molecule has 6 heteroatoms. The van der Waals surface area contributed by atoms with E-state index in [4.69, 9.17) is 16.3 Å².